The lowest BCUT2D eigenvalue weighted by atomic mass is 9.96. The summed E-state index contributed by atoms with van der Waals surface area (Å²) in [5.74, 6) is 0.871. The van der Waals surface area contributed by atoms with Gasteiger partial charge < -0.3 is 10.0 Å². The minimum Gasteiger partial charge on any atom is -0.391 e. The molecule has 1 aliphatic heterocycles. The number of aliphatic hydroxyl groups is 1. The summed E-state index contributed by atoms with van der Waals surface area (Å²) in [5.41, 5.74) is 0. The number of aliphatic hydroxyl groups excluding tert-OH is 1. The van der Waals surface area contributed by atoms with E-state index in [9.17, 15) is 9.90 Å². The fraction of sp³-hybridized carbons (Fsp3) is 0.500. The standard InChI is InChI=1S/C14H19NO2S/c1-11-7-8-15(9-13(11)16)14(17)10-18-12-5-3-2-4-6-12/h2-6,11,13,16H,7-10H2,1H3. The molecule has 1 aromatic rings. The number of benzene rings is 1. The van der Waals surface area contributed by atoms with Crippen LogP contribution in [-0.4, -0.2) is 40.9 Å². The molecule has 98 valence electrons. The zero-order chi connectivity index (χ0) is 13.0. The number of likely N-dealkylation sites (tertiary alicyclic amines) is 1. The molecule has 1 amide bonds. The average Bonchev–Trinajstić information content (AvgIpc) is 2.40. The predicted molar refractivity (Wildman–Crippen MR) is 73.5 cm³/mol. The highest BCUT2D eigenvalue weighted by Gasteiger charge is 2.26. The second-order valence-electron chi connectivity index (χ2n) is 4.77. The van der Waals surface area contributed by atoms with Crippen molar-refractivity contribution in [2.45, 2.75) is 24.3 Å². The number of hydrogen-bond acceptors (Lipinski definition) is 3. The van der Waals surface area contributed by atoms with E-state index in [-0.39, 0.29) is 12.0 Å². The van der Waals surface area contributed by atoms with Crippen molar-refractivity contribution < 1.29 is 9.90 Å². The number of thioether (sulfide) groups is 1. The molecule has 18 heavy (non-hydrogen) atoms. The molecule has 4 heteroatoms. The van der Waals surface area contributed by atoms with Crippen molar-refractivity contribution in [2.24, 2.45) is 5.92 Å². The van der Waals surface area contributed by atoms with Crippen molar-refractivity contribution in [3.05, 3.63) is 30.3 Å². The van der Waals surface area contributed by atoms with Gasteiger partial charge in [0.25, 0.3) is 0 Å². The van der Waals surface area contributed by atoms with Crippen LogP contribution in [0.2, 0.25) is 0 Å². The van der Waals surface area contributed by atoms with Gasteiger partial charge in [-0.3, -0.25) is 4.79 Å². The van der Waals surface area contributed by atoms with Crippen molar-refractivity contribution in [1.82, 2.24) is 4.90 Å². The van der Waals surface area contributed by atoms with Crippen LogP contribution < -0.4 is 0 Å². The lowest BCUT2D eigenvalue weighted by Gasteiger charge is -2.34. The maximum Gasteiger partial charge on any atom is 0.233 e. The molecule has 0 radical (unpaired) electrons. The van der Waals surface area contributed by atoms with E-state index in [0.29, 0.717) is 18.2 Å². The lowest BCUT2D eigenvalue weighted by molar-refractivity contribution is -0.132. The van der Waals surface area contributed by atoms with E-state index in [4.69, 9.17) is 0 Å². The molecule has 0 aromatic heterocycles. The van der Waals surface area contributed by atoms with Crippen molar-refractivity contribution in [3.8, 4) is 0 Å². The van der Waals surface area contributed by atoms with E-state index < -0.39 is 0 Å². The number of rotatable bonds is 3. The molecule has 2 unspecified atom stereocenters. The molecule has 1 fully saturated rings. The Bertz CT molecular complexity index is 396. The Balaban J connectivity index is 1.82. The largest absolute Gasteiger partial charge is 0.391 e. The van der Waals surface area contributed by atoms with Gasteiger partial charge in [-0.25, -0.2) is 0 Å². The highest BCUT2D eigenvalue weighted by molar-refractivity contribution is 8.00. The van der Waals surface area contributed by atoms with Gasteiger partial charge >= 0.3 is 0 Å². The first-order valence-electron chi connectivity index (χ1n) is 6.30. The van der Waals surface area contributed by atoms with Gasteiger partial charge in [-0.05, 0) is 24.5 Å². The first kappa shape index (κ1) is 13.4. The van der Waals surface area contributed by atoms with Crippen LogP contribution in [-0.2, 0) is 4.79 Å². The Morgan fingerprint density at radius 1 is 1.44 bits per heavy atom. The molecule has 0 bridgehead atoms. The third kappa shape index (κ3) is 3.50. The van der Waals surface area contributed by atoms with Gasteiger partial charge in [0, 0.05) is 18.0 Å². The molecule has 1 N–H and O–H groups in total. The van der Waals surface area contributed by atoms with Crippen LogP contribution in [0.1, 0.15) is 13.3 Å². The number of β-amino-alcohol motifs (C(OH)–C–C–N with tert-alkyl or cyclic N) is 1. The van der Waals surface area contributed by atoms with Crippen LogP contribution in [0.4, 0.5) is 0 Å². The third-order valence-electron chi connectivity index (χ3n) is 3.38. The quantitative estimate of drug-likeness (QED) is 0.850. The van der Waals surface area contributed by atoms with Crippen LogP contribution in [0.3, 0.4) is 0 Å². The Kier molecular flexibility index (Phi) is 4.66. The molecule has 0 saturated carbocycles. The van der Waals surface area contributed by atoms with Crippen LogP contribution in [0.5, 0.6) is 0 Å². The lowest BCUT2D eigenvalue weighted by Crippen LogP contribution is -2.46. The summed E-state index contributed by atoms with van der Waals surface area (Å²) in [6, 6.07) is 9.92. The Labute approximate surface area is 112 Å². The zero-order valence-electron chi connectivity index (χ0n) is 10.6. The number of amides is 1. The van der Waals surface area contributed by atoms with Gasteiger partial charge in [-0.15, -0.1) is 11.8 Å². The monoisotopic (exact) mass is 265 g/mol. The number of carbonyl (C=O) groups is 1. The van der Waals surface area contributed by atoms with E-state index in [2.05, 4.69) is 0 Å². The molecule has 1 aliphatic rings. The fourth-order valence-corrected chi connectivity index (χ4v) is 2.85. The Morgan fingerprint density at radius 2 is 2.17 bits per heavy atom. The summed E-state index contributed by atoms with van der Waals surface area (Å²) in [6.45, 7) is 3.28. The van der Waals surface area contributed by atoms with Gasteiger partial charge in [-0.1, -0.05) is 25.1 Å². The first-order valence-corrected chi connectivity index (χ1v) is 7.29. The first-order chi connectivity index (χ1) is 8.66. The average molecular weight is 265 g/mol. The zero-order valence-corrected chi connectivity index (χ0v) is 11.4. The maximum absolute atomic E-state index is 12.0. The number of nitrogens with zero attached hydrogens (tertiary/aromatic N) is 1. The SMILES string of the molecule is CC1CCN(C(=O)CSc2ccccc2)CC1O. The predicted octanol–water partition coefficient (Wildman–Crippen LogP) is 2.01. The molecule has 2 rings (SSSR count). The molecular formula is C14H19NO2S. The summed E-state index contributed by atoms with van der Waals surface area (Å²) < 4.78 is 0. The number of carbonyl (C=O) groups excluding carboxylic acids is 1. The minimum atomic E-state index is -0.371. The second-order valence-corrected chi connectivity index (χ2v) is 5.82. The summed E-state index contributed by atoms with van der Waals surface area (Å²) in [5, 5.41) is 9.78. The smallest absolute Gasteiger partial charge is 0.233 e. The highest BCUT2D eigenvalue weighted by atomic mass is 32.2. The molecular weight excluding hydrogens is 246 g/mol. The molecule has 1 saturated heterocycles. The van der Waals surface area contributed by atoms with Crippen molar-refractivity contribution >= 4 is 17.7 Å². The Hall–Kier alpha value is -1.00. The van der Waals surface area contributed by atoms with Crippen molar-refractivity contribution in [3.63, 3.8) is 0 Å². The summed E-state index contributed by atoms with van der Waals surface area (Å²) >= 11 is 1.55. The molecule has 0 spiro atoms. The number of piperidine rings is 1. The summed E-state index contributed by atoms with van der Waals surface area (Å²) in [7, 11) is 0. The minimum absolute atomic E-state index is 0.120. The van der Waals surface area contributed by atoms with E-state index in [1.54, 1.807) is 16.7 Å². The van der Waals surface area contributed by atoms with Crippen LogP contribution in [0.25, 0.3) is 0 Å². The summed E-state index contributed by atoms with van der Waals surface area (Å²) in [4.78, 5) is 14.9. The highest BCUT2D eigenvalue weighted by Crippen LogP contribution is 2.20. The van der Waals surface area contributed by atoms with Crippen molar-refractivity contribution in [2.75, 3.05) is 18.8 Å². The van der Waals surface area contributed by atoms with Gasteiger partial charge in [0.1, 0.15) is 0 Å². The topological polar surface area (TPSA) is 40.5 Å². The van der Waals surface area contributed by atoms with Crippen molar-refractivity contribution in [1.29, 1.82) is 0 Å². The van der Waals surface area contributed by atoms with Gasteiger partial charge in [0.15, 0.2) is 0 Å². The van der Waals surface area contributed by atoms with E-state index in [1.165, 1.54) is 0 Å². The summed E-state index contributed by atoms with van der Waals surface area (Å²) in [6.07, 6.45) is 0.521. The van der Waals surface area contributed by atoms with Gasteiger partial charge in [0.2, 0.25) is 5.91 Å². The normalized spacial score (nSPS) is 24.0. The third-order valence-corrected chi connectivity index (χ3v) is 4.37. The molecule has 0 aliphatic carbocycles. The van der Waals surface area contributed by atoms with E-state index in [0.717, 1.165) is 17.9 Å². The molecule has 1 heterocycles. The van der Waals surface area contributed by atoms with Gasteiger partial charge in [-0.2, -0.15) is 0 Å². The molecule has 3 nitrogen and oxygen atoms in total. The number of hydrogen-bond donors (Lipinski definition) is 1. The van der Waals surface area contributed by atoms with Gasteiger partial charge in [0.05, 0.1) is 11.9 Å². The molecule has 2 atom stereocenters. The Morgan fingerprint density at radius 3 is 2.83 bits per heavy atom. The van der Waals surface area contributed by atoms with Crippen LogP contribution in [0.15, 0.2) is 35.2 Å². The second kappa shape index (κ2) is 6.25. The maximum atomic E-state index is 12.0. The molecule has 1 aromatic carbocycles. The van der Waals surface area contributed by atoms with Crippen LogP contribution >= 0.6 is 11.8 Å². The van der Waals surface area contributed by atoms with Crippen LogP contribution in [0, 0.1) is 5.92 Å². The van der Waals surface area contributed by atoms with E-state index in [1.807, 2.05) is 37.3 Å². The fourth-order valence-electron chi connectivity index (χ4n) is 2.03. The van der Waals surface area contributed by atoms with E-state index >= 15 is 0 Å².